The molecule has 6 aromatic rings. The van der Waals surface area contributed by atoms with Crippen LogP contribution >= 0.6 is 7.82 Å². The molecule has 302 valence electrons. The fourth-order valence-corrected chi connectivity index (χ4v) is 7.89. The van der Waals surface area contributed by atoms with Crippen molar-refractivity contribution in [3.63, 3.8) is 0 Å². The number of benzene rings is 4. The minimum absolute atomic E-state index is 0.0281. The van der Waals surface area contributed by atoms with Crippen molar-refractivity contribution in [2.24, 2.45) is 5.92 Å². The third kappa shape index (κ3) is 8.40. The van der Waals surface area contributed by atoms with Crippen LogP contribution in [0.25, 0.3) is 11.2 Å². The van der Waals surface area contributed by atoms with Gasteiger partial charge in [-0.25, -0.2) is 9.55 Å². The van der Waals surface area contributed by atoms with Crippen LogP contribution in [0, 0.1) is 5.92 Å². The maximum absolute atomic E-state index is 14.2. The number of amides is 1. The van der Waals surface area contributed by atoms with Crippen molar-refractivity contribution in [3.05, 3.63) is 143 Å². The molecule has 0 radical (unpaired) electrons. The molecule has 7 rings (SSSR count). The van der Waals surface area contributed by atoms with Gasteiger partial charge in [-0.15, -0.1) is 0 Å². The maximum Gasteiger partial charge on any atom is 0.530 e. The summed E-state index contributed by atoms with van der Waals surface area (Å²) in [5.41, 5.74) is 0.780. The van der Waals surface area contributed by atoms with Crippen LogP contribution in [0.15, 0.2) is 120 Å². The SMILES string of the molecule is COc1ccc(C(OC[C@H]2O[C@@H](n3cnc4c(=O)[nH]c(NC(=O)C(C)C)nc43)C[C@@H]2OP(=O)(OC)Oc2ccccc2)(c2ccccc2)c2ccc(OC)cc2)cc1. The van der Waals surface area contributed by atoms with E-state index in [2.05, 4.69) is 20.3 Å². The topological polar surface area (TPSA) is 174 Å². The Kier molecular flexibility index (Phi) is 12.1. The molecule has 0 spiro atoms. The number of rotatable bonds is 16. The number of carbonyl (C=O) groups is 1. The minimum atomic E-state index is -4.26. The third-order valence-corrected chi connectivity index (χ3v) is 11.2. The van der Waals surface area contributed by atoms with E-state index in [4.69, 9.17) is 32.5 Å². The zero-order valence-corrected chi connectivity index (χ0v) is 33.5. The standard InChI is InChI=1S/C42H44N5O10P/c1-27(2)39(48)45-41-44-38-37(40(49)46-41)43-26-47(38)36-24-34(57-58(50,53-5)56-33-14-10-7-11-15-33)35(55-36)25-54-42(28-12-8-6-9-13-28,29-16-20-31(51-3)21-17-29)30-18-22-32(52-4)23-19-30/h6-23,26-27,34-36H,24-25H2,1-5H3,(H2,44,45,46,48,49)/t34-,35+,36+,58?/m0/s1. The summed E-state index contributed by atoms with van der Waals surface area (Å²) in [6, 6.07) is 33.5. The summed E-state index contributed by atoms with van der Waals surface area (Å²) < 4.78 is 58.1. The molecule has 1 aliphatic rings. The Hall–Kier alpha value is -5.83. The fourth-order valence-electron chi connectivity index (χ4n) is 6.75. The number of imidazole rings is 1. The fraction of sp³-hybridized carbons (Fsp3) is 0.286. The van der Waals surface area contributed by atoms with E-state index in [9.17, 15) is 14.2 Å². The first-order chi connectivity index (χ1) is 28.1. The summed E-state index contributed by atoms with van der Waals surface area (Å²) in [5.74, 6) is 0.860. The van der Waals surface area contributed by atoms with Gasteiger partial charge in [0.15, 0.2) is 11.2 Å². The number of phosphoric ester groups is 1. The zero-order valence-electron chi connectivity index (χ0n) is 32.6. The normalized spacial score (nSPS) is 17.9. The number of nitrogens with zero attached hydrogens (tertiary/aromatic N) is 3. The molecule has 58 heavy (non-hydrogen) atoms. The molecule has 4 aromatic carbocycles. The molecule has 1 unspecified atom stereocenters. The highest BCUT2D eigenvalue weighted by atomic mass is 31.2. The van der Waals surface area contributed by atoms with Gasteiger partial charge in [0.1, 0.15) is 41.3 Å². The smallest absolute Gasteiger partial charge is 0.497 e. The van der Waals surface area contributed by atoms with Crippen LogP contribution in [0.5, 0.6) is 17.2 Å². The first-order valence-corrected chi connectivity index (χ1v) is 20.0. The highest BCUT2D eigenvalue weighted by Gasteiger charge is 2.46. The lowest BCUT2D eigenvalue weighted by Gasteiger charge is -2.37. The number of phosphoric acid groups is 1. The summed E-state index contributed by atoms with van der Waals surface area (Å²) in [4.78, 5) is 37.1. The predicted molar refractivity (Wildman–Crippen MR) is 215 cm³/mol. The van der Waals surface area contributed by atoms with Crippen LogP contribution in [-0.4, -0.2) is 65.6 Å². The van der Waals surface area contributed by atoms with Crippen LogP contribution in [0.2, 0.25) is 0 Å². The lowest BCUT2D eigenvalue weighted by Crippen LogP contribution is -2.38. The van der Waals surface area contributed by atoms with E-state index in [0.29, 0.717) is 11.5 Å². The highest BCUT2D eigenvalue weighted by Crippen LogP contribution is 2.53. The first kappa shape index (κ1) is 40.4. The number of carbonyl (C=O) groups excluding carboxylic acids is 1. The number of hydrogen-bond acceptors (Lipinski definition) is 12. The molecule has 4 atom stereocenters. The molecule has 1 fully saturated rings. The Morgan fingerprint density at radius 1 is 0.879 bits per heavy atom. The van der Waals surface area contributed by atoms with Crippen molar-refractivity contribution in [1.82, 2.24) is 19.5 Å². The van der Waals surface area contributed by atoms with Crippen molar-refractivity contribution in [2.75, 3.05) is 33.3 Å². The Bertz CT molecular complexity index is 2380. The van der Waals surface area contributed by atoms with Crippen molar-refractivity contribution in [3.8, 4) is 17.2 Å². The van der Waals surface area contributed by atoms with Crippen LogP contribution < -0.4 is 24.9 Å². The zero-order chi connectivity index (χ0) is 40.9. The number of para-hydroxylation sites is 1. The van der Waals surface area contributed by atoms with E-state index < -0.39 is 37.4 Å². The monoisotopic (exact) mass is 809 g/mol. The van der Waals surface area contributed by atoms with Gasteiger partial charge in [-0.05, 0) is 53.1 Å². The number of nitrogens with one attached hydrogen (secondary N) is 2. The lowest BCUT2D eigenvalue weighted by molar-refractivity contribution is -0.118. The molecule has 1 amide bonds. The number of methoxy groups -OCH3 is 2. The molecule has 2 aromatic heterocycles. The first-order valence-electron chi connectivity index (χ1n) is 18.6. The van der Waals surface area contributed by atoms with E-state index >= 15 is 0 Å². The summed E-state index contributed by atoms with van der Waals surface area (Å²) in [6.07, 6.45) is -1.23. The second kappa shape index (κ2) is 17.3. The number of hydrogen-bond donors (Lipinski definition) is 2. The quantitative estimate of drug-likeness (QED) is 0.0742. The van der Waals surface area contributed by atoms with Gasteiger partial charge < -0.3 is 23.5 Å². The molecule has 0 aliphatic carbocycles. The molecule has 1 saturated heterocycles. The molecular formula is C42H44N5O10P. The average molecular weight is 810 g/mol. The third-order valence-electron chi connectivity index (χ3n) is 9.78. The van der Waals surface area contributed by atoms with Gasteiger partial charge in [-0.3, -0.25) is 33.5 Å². The van der Waals surface area contributed by atoms with Crippen LogP contribution in [0.4, 0.5) is 5.95 Å². The summed E-state index contributed by atoms with van der Waals surface area (Å²) in [5, 5.41) is 2.64. The van der Waals surface area contributed by atoms with Gasteiger partial charge in [0.25, 0.3) is 5.56 Å². The number of anilines is 1. The second-order valence-electron chi connectivity index (χ2n) is 13.7. The van der Waals surface area contributed by atoms with Gasteiger partial charge in [-0.1, -0.05) is 86.6 Å². The van der Waals surface area contributed by atoms with Gasteiger partial charge in [0, 0.05) is 19.4 Å². The molecule has 0 saturated carbocycles. The Morgan fingerprint density at radius 3 is 2.03 bits per heavy atom. The number of ether oxygens (including phenoxy) is 4. The number of H-pyrrole nitrogens is 1. The number of aromatic amines is 1. The van der Waals surface area contributed by atoms with Crippen molar-refractivity contribution < 1.29 is 41.9 Å². The van der Waals surface area contributed by atoms with E-state index in [1.807, 2.05) is 78.9 Å². The van der Waals surface area contributed by atoms with E-state index in [0.717, 1.165) is 16.7 Å². The molecular weight excluding hydrogens is 765 g/mol. The average Bonchev–Trinajstić information content (AvgIpc) is 3.86. The van der Waals surface area contributed by atoms with Gasteiger partial charge in [0.05, 0.1) is 27.2 Å². The molecule has 2 N–H and O–H groups in total. The van der Waals surface area contributed by atoms with Crippen molar-refractivity contribution >= 4 is 30.8 Å². The van der Waals surface area contributed by atoms with Crippen LogP contribution in [-0.2, 0) is 33.5 Å². The molecule has 1 aliphatic heterocycles. The second-order valence-corrected chi connectivity index (χ2v) is 15.4. The lowest BCUT2D eigenvalue weighted by atomic mass is 9.80. The Balaban J connectivity index is 1.30. The van der Waals surface area contributed by atoms with E-state index in [1.54, 1.807) is 63.0 Å². The Morgan fingerprint density at radius 2 is 1.47 bits per heavy atom. The number of fused-ring (bicyclic) bond motifs is 1. The van der Waals surface area contributed by atoms with Gasteiger partial charge in [-0.2, -0.15) is 4.98 Å². The minimum Gasteiger partial charge on any atom is -0.497 e. The van der Waals surface area contributed by atoms with Crippen LogP contribution in [0.3, 0.4) is 0 Å². The van der Waals surface area contributed by atoms with Crippen LogP contribution in [0.1, 0.15) is 43.2 Å². The molecule has 16 heteroatoms. The molecule has 0 bridgehead atoms. The van der Waals surface area contributed by atoms with E-state index in [-0.39, 0.29) is 47.7 Å². The Labute approximate surface area is 334 Å². The van der Waals surface area contributed by atoms with Crippen molar-refractivity contribution in [1.29, 1.82) is 0 Å². The summed E-state index contributed by atoms with van der Waals surface area (Å²) in [7, 11) is 0.180. The predicted octanol–water partition coefficient (Wildman–Crippen LogP) is 7.25. The van der Waals surface area contributed by atoms with Gasteiger partial charge in [0.2, 0.25) is 11.9 Å². The van der Waals surface area contributed by atoms with Gasteiger partial charge >= 0.3 is 7.82 Å². The van der Waals surface area contributed by atoms with Crippen molar-refractivity contribution in [2.45, 2.75) is 44.3 Å². The largest absolute Gasteiger partial charge is 0.530 e. The number of aromatic nitrogens is 4. The highest BCUT2D eigenvalue weighted by molar-refractivity contribution is 7.48. The molecule has 3 heterocycles. The maximum atomic E-state index is 14.2. The van der Waals surface area contributed by atoms with E-state index in [1.165, 1.54) is 13.4 Å². The summed E-state index contributed by atoms with van der Waals surface area (Å²) >= 11 is 0. The molecule has 15 nitrogen and oxygen atoms in total. The summed E-state index contributed by atoms with van der Waals surface area (Å²) in [6.45, 7) is 3.33.